The number of nitrogens with zero attached hydrogens (tertiary/aromatic N) is 1. The van der Waals surface area contributed by atoms with Crippen molar-refractivity contribution in [2.45, 2.75) is 36.0 Å². The van der Waals surface area contributed by atoms with Crippen LogP contribution < -0.4 is 5.73 Å². The van der Waals surface area contributed by atoms with E-state index in [2.05, 4.69) is 15.9 Å². The minimum Gasteiger partial charge on any atom is -0.337 e. The average Bonchev–Trinajstić information content (AvgIpc) is 2.88. The molecule has 2 unspecified atom stereocenters. The van der Waals surface area contributed by atoms with E-state index in [-0.39, 0.29) is 29.6 Å². The molecule has 1 fully saturated rings. The number of carbonyl (C=O) groups is 1. The number of amides is 1. The molecule has 0 aromatic heterocycles. The zero-order valence-corrected chi connectivity index (χ0v) is 14.6. The molecule has 1 aromatic carbocycles. The van der Waals surface area contributed by atoms with E-state index in [0.717, 1.165) is 28.8 Å². The SMILES string of the molecule is CC(Sc1ccc(Br)cc1)C(=O)N1CCCC1CN.Cl. The molecule has 6 heteroatoms. The number of halogens is 2. The summed E-state index contributed by atoms with van der Waals surface area (Å²) in [5, 5.41) is -0.0617. The summed E-state index contributed by atoms with van der Waals surface area (Å²) in [5.41, 5.74) is 5.73. The third kappa shape index (κ3) is 4.38. The third-order valence-electron chi connectivity index (χ3n) is 3.41. The van der Waals surface area contributed by atoms with E-state index in [4.69, 9.17) is 5.73 Å². The summed E-state index contributed by atoms with van der Waals surface area (Å²) in [6, 6.07) is 8.29. The predicted molar refractivity (Wildman–Crippen MR) is 90.5 cm³/mol. The van der Waals surface area contributed by atoms with Crippen molar-refractivity contribution in [1.29, 1.82) is 0 Å². The first-order valence-corrected chi connectivity index (χ1v) is 8.22. The molecule has 1 saturated heterocycles. The standard InChI is InChI=1S/C14H19BrN2OS.ClH/c1-10(19-13-6-4-11(15)5-7-13)14(18)17-8-2-3-12(17)9-16;/h4-7,10,12H,2-3,8-9,16H2,1H3;1H. The van der Waals surface area contributed by atoms with Crippen molar-refractivity contribution in [3.63, 3.8) is 0 Å². The van der Waals surface area contributed by atoms with Crippen LogP contribution in [0.25, 0.3) is 0 Å². The number of nitrogens with two attached hydrogens (primary N) is 1. The molecule has 2 rings (SSSR count). The van der Waals surface area contributed by atoms with Crippen LogP contribution in [-0.4, -0.2) is 35.2 Å². The van der Waals surface area contributed by atoms with Crippen molar-refractivity contribution in [3.8, 4) is 0 Å². The van der Waals surface area contributed by atoms with Gasteiger partial charge in [-0.2, -0.15) is 0 Å². The number of benzene rings is 1. The summed E-state index contributed by atoms with van der Waals surface area (Å²) in [5.74, 6) is 0.209. The van der Waals surface area contributed by atoms with Gasteiger partial charge in [0, 0.05) is 28.5 Å². The Balaban J connectivity index is 0.00000200. The molecule has 0 radical (unpaired) electrons. The molecule has 1 aliphatic rings. The molecule has 112 valence electrons. The van der Waals surface area contributed by atoms with E-state index in [1.54, 1.807) is 11.8 Å². The van der Waals surface area contributed by atoms with Gasteiger partial charge >= 0.3 is 0 Å². The monoisotopic (exact) mass is 378 g/mol. The Labute approximate surface area is 139 Å². The van der Waals surface area contributed by atoms with Crippen molar-refractivity contribution in [2.75, 3.05) is 13.1 Å². The molecule has 20 heavy (non-hydrogen) atoms. The second-order valence-electron chi connectivity index (χ2n) is 4.78. The highest BCUT2D eigenvalue weighted by Crippen LogP contribution is 2.28. The molecule has 3 nitrogen and oxygen atoms in total. The van der Waals surface area contributed by atoms with E-state index >= 15 is 0 Å². The number of rotatable bonds is 4. The van der Waals surface area contributed by atoms with Gasteiger partial charge in [0.1, 0.15) is 0 Å². The Hall–Kier alpha value is -0.230. The summed E-state index contributed by atoms with van der Waals surface area (Å²) in [6.07, 6.45) is 2.11. The molecule has 2 atom stereocenters. The Morgan fingerprint density at radius 3 is 2.75 bits per heavy atom. The first-order chi connectivity index (χ1) is 9.11. The highest BCUT2D eigenvalue weighted by Gasteiger charge is 2.30. The van der Waals surface area contributed by atoms with E-state index in [0.29, 0.717) is 6.54 Å². The topological polar surface area (TPSA) is 46.3 Å². The maximum absolute atomic E-state index is 12.4. The summed E-state index contributed by atoms with van der Waals surface area (Å²) < 4.78 is 1.05. The van der Waals surface area contributed by atoms with Crippen LogP contribution in [0.1, 0.15) is 19.8 Å². The lowest BCUT2D eigenvalue weighted by Gasteiger charge is -2.26. The summed E-state index contributed by atoms with van der Waals surface area (Å²) in [7, 11) is 0. The Bertz CT molecular complexity index is 443. The largest absolute Gasteiger partial charge is 0.337 e. The first kappa shape index (κ1) is 17.8. The minimum atomic E-state index is -0.0617. The van der Waals surface area contributed by atoms with Gasteiger partial charge in [0.15, 0.2) is 0 Å². The number of thioether (sulfide) groups is 1. The maximum atomic E-state index is 12.4. The maximum Gasteiger partial charge on any atom is 0.236 e. The molecule has 0 bridgehead atoms. The molecule has 2 N–H and O–H groups in total. The van der Waals surface area contributed by atoms with Crippen LogP contribution in [0.2, 0.25) is 0 Å². The van der Waals surface area contributed by atoms with Crippen molar-refractivity contribution in [3.05, 3.63) is 28.7 Å². The zero-order valence-electron chi connectivity index (χ0n) is 11.4. The van der Waals surface area contributed by atoms with Crippen molar-refractivity contribution in [2.24, 2.45) is 5.73 Å². The molecule has 1 heterocycles. The smallest absolute Gasteiger partial charge is 0.236 e. The van der Waals surface area contributed by atoms with Gasteiger partial charge in [0.05, 0.1) is 5.25 Å². The molecule has 1 amide bonds. The average molecular weight is 380 g/mol. The lowest BCUT2D eigenvalue weighted by molar-refractivity contribution is -0.130. The second-order valence-corrected chi connectivity index (χ2v) is 7.11. The summed E-state index contributed by atoms with van der Waals surface area (Å²) >= 11 is 5.02. The number of hydrogen-bond donors (Lipinski definition) is 1. The van der Waals surface area contributed by atoms with Gasteiger partial charge in [0.2, 0.25) is 5.91 Å². The fourth-order valence-corrected chi connectivity index (χ4v) is 3.57. The van der Waals surface area contributed by atoms with Gasteiger partial charge < -0.3 is 10.6 Å². The lowest BCUT2D eigenvalue weighted by atomic mass is 10.2. The minimum absolute atomic E-state index is 0. The highest BCUT2D eigenvalue weighted by atomic mass is 79.9. The van der Waals surface area contributed by atoms with Gasteiger partial charge in [-0.15, -0.1) is 24.2 Å². The van der Waals surface area contributed by atoms with E-state index in [1.165, 1.54) is 0 Å². The molecule has 1 aliphatic heterocycles. The van der Waals surface area contributed by atoms with Gasteiger partial charge in [-0.3, -0.25) is 4.79 Å². The van der Waals surface area contributed by atoms with E-state index in [1.807, 2.05) is 36.1 Å². The normalized spacial score (nSPS) is 19.6. The lowest BCUT2D eigenvalue weighted by Crippen LogP contribution is -2.43. The van der Waals surface area contributed by atoms with Crippen LogP contribution in [0.15, 0.2) is 33.6 Å². The van der Waals surface area contributed by atoms with Gasteiger partial charge in [-0.1, -0.05) is 15.9 Å². The molecule has 0 aliphatic carbocycles. The summed E-state index contributed by atoms with van der Waals surface area (Å²) in [6.45, 7) is 3.40. The van der Waals surface area contributed by atoms with Gasteiger partial charge in [0.25, 0.3) is 0 Å². The molecule has 0 saturated carbocycles. The fraction of sp³-hybridized carbons (Fsp3) is 0.500. The Morgan fingerprint density at radius 2 is 2.15 bits per heavy atom. The number of hydrogen-bond acceptors (Lipinski definition) is 3. The van der Waals surface area contributed by atoms with Crippen LogP contribution in [-0.2, 0) is 4.79 Å². The van der Waals surface area contributed by atoms with Crippen LogP contribution in [0.5, 0.6) is 0 Å². The van der Waals surface area contributed by atoms with E-state index < -0.39 is 0 Å². The quantitative estimate of drug-likeness (QED) is 0.816. The summed E-state index contributed by atoms with van der Waals surface area (Å²) in [4.78, 5) is 15.5. The van der Waals surface area contributed by atoms with Crippen LogP contribution >= 0.6 is 40.1 Å². The van der Waals surface area contributed by atoms with E-state index in [9.17, 15) is 4.79 Å². The zero-order chi connectivity index (χ0) is 13.8. The molecular weight excluding hydrogens is 360 g/mol. The van der Waals surface area contributed by atoms with Crippen molar-refractivity contribution in [1.82, 2.24) is 4.90 Å². The van der Waals surface area contributed by atoms with Crippen molar-refractivity contribution < 1.29 is 4.79 Å². The van der Waals surface area contributed by atoms with Crippen molar-refractivity contribution >= 4 is 46.0 Å². The molecule has 0 spiro atoms. The third-order valence-corrected chi connectivity index (χ3v) is 5.03. The second kappa shape index (κ2) is 8.27. The Morgan fingerprint density at radius 1 is 1.50 bits per heavy atom. The fourth-order valence-electron chi connectivity index (χ4n) is 2.37. The Kier molecular flexibility index (Phi) is 7.37. The van der Waals surface area contributed by atoms with Crippen LogP contribution in [0.4, 0.5) is 0 Å². The predicted octanol–water partition coefficient (Wildman–Crippen LogP) is 3.30. The first-order valence-electron chi connectivity index (χ1n) is 6.54. The molecule has 1 aromatic rings. The number of likely N-dealkylation sites (tertiary alicyclic amines) is 1. The highest BCUT2D eigenvalue weighted by molar-refractivity contribution is 9.10. The van der Waals surface area contributed by atoms with Gasteiger partial charge in [-0.05, 0) is 44.0 Å². The van der Waals surface area contributed by atoms with Crippen LogP contribution in [0.3, 0.4) is 0 Å². The van der Waals surface area contributed by atoms with Crippen LogP contribution in [0, 0.1) is 0 Å². The number of carbonyl (C=O) groups excluding carboxylic acids is 1. The van der Waals surface area contributed by atoms with Gasteiger partial charge in [-0.25, -0.2) is 0 Å². The molecular formula is C14H20BrClN2OS.